The van der Waals surface area contributed by atoms with Crippen LogP contribution in [0.2, 0.25) is 0 Å². The maximum atomic E-state index is 12.5. The van der Waals surface area contributed by atoms with E-state index >= 15 is 0 Å². The predicted molar refractivity (Wildman–Crippen MR) is 108 cm³/mol. The molecule has 0 radical (unpaired) electrons. The van der Waals surface area contributed by atoms with Crippen LogP contribution in [0.25, 0.3) is 11.1 Å². The largest absolute Gasteiger partial charge is 0.494 e. The Balaban J connectivity index is 1.65. The molecule has 0 saturated carbocycles. The number of rotatable bonds is 8. The van der Waals surface area contributed by atoms with E-state index < -0.39 is 10.0 Å². The van der Waals surface area contributed by atoms with Gasteiger partial charge < -0.3 is 4.74 Å². The lowest BCUT2D eigenvalue weighted by molar-refractivity contribution is 0.336. The molecule has 0 aliphatic carbocycles. The Bertz CT molecular complexity index is 968. The molecule has 0 saturated heterocycles. The number of nitrogens with one attached hydrogen (secondary N) is 1. The summed E-state index contributed by atoms with van der Waals surface area (Å²) in [5.41, 5.74) is 3.03. The third-order valence-corrected chi connectivity index (χ3v) is 5.71. The van der Waals surface area contributed by atoms with Gasteiger partial charge in [-0.1, -0.05) is 60.7 Å². The van der Waals surface area contributed by atoms with E-state index in [-0.39, 0.29) is 4.90 Å². The molecule has 0 aromatic heterocycles. The van der Waals surface area contributed by atoms with Crippen molar-refractivity contribution in [3.8, 4) is 16.9 Å². The first-order valence-corrected chi connectivity index (χ1v) is 10.4. The molecule has 5 heteroatoms. The quantitative estimate of drug-likeness (QED) is 0.634. The first-order chi connectivity index (χ1) is 13.1. The number of benzene rings is 3. The van der Waals surface area contributed by atoms with Crippen LogP contribution < -0.4 is 9.46 Å². The first kappa shape index (κ1) is 19.1. The topological polar surface area (TPSA) is 55.4 Å². The molecule has 3 aromatic carbocycles. The molecular weight excluding hydrogens is 358 g/mol. The van der Waals surface area contributed by atoms with Gasteiger partial charge in [0, 0.05) is 6.54 Å². The molecule has 3 rings (SSSR count). The van der Waals surface area contributed by atoms with Crippen LogP contribution in [-0.2, 0) is 16.4 Å². The van der Waals surface area contributed by atoms with Gasteiger partial charge in [-0.25, -0.2) is 13.1 Å². The van der Waals surface area contributed by atoms with Crippen molar-refractivity contribution < 1.29 is 13.2 Å². The molecule has 0 heterocycles. The monoisotopic (exact) mass is 381 g/mol. The molecule has 0 amide bonds. The number of sulfonamides is 1. The van der Waals surface area contributed by atoms with Crippen LogP contribution in [0.3, 0.4) is 0 Å². The molecule has 0 bridgehead atoms. The van der Waals surface area contributed by atoms with Crippen molar-refractivity contribution >= 4 is 10.0 Å². The zero-order valence-corrected chi connectivity index (χ0v) is 16.1. The summed E-state index contributed by atoms with van der Waals surface area (Å²) in [5, 5.41) is 0. The van der Waals surface area contributed by atoms with E-state index in [1.165, 1.54) is 0 Å². The Morgan fingerprint density at radius 1 is 0.815 bits per heavy atom. The summed E-state index contributed by atoms with van der Waals surface area (Å²) in [6.45, 7) is 2.82. The highest BCUT2D eigenvalue weighted by atomic mass is 32.2. The van der Waals surface area contributed by atoms with E-state index in [9.17, 15) is 8.42 Å². The van der Waals surface area contributed by atoms with Crippen molar-refractivity contribution in [1.29, 1.82) is 0 Å². The van der Waals surface area contributed by atoms with E-state index in [2.05, 4.69) is 4.72 Å². The maximum absolute atomic E-state index is 12.5. The summed E-state index contributed by atoms with van der Waals surface area (Å²) in [5.74, 6) is 0.798. The molecule has 0 atom stereocenters. The average molecular weight is 381 g/mol. The minimum absolute atomic E-state index is 0.264. The molecule has 0 aliphatic heterocycles. The molecule has 3 aromatic rings. The van der Waals surface area contributed by atoms with E-state index in [0.29, 0.717) is 19.6 Å². The molecular formula is C22H23NO3S. The maximum Gasteiger partial charge on any atom is 0.240 e. The fourth-order valence-electron chi connectivity index (χ4n) is 2.87. The predicted octanol–water partition coefficient (Wildman–Crippen LogP) is 4.27. The van der Waals surface area contributed by atoms with Crippen molar-refractivity contribution in [2.75, 3.05) is 13.2 Å². The van der Waals surface area contributed by atoms with Gasteiger partial charge in [0.1, 0.15) is 5.75 Å². The van der Waals surface area contributed by atoms with Gasteiger partial charge in [-0.3, -0.25) is 0 Å². The minimum Gasteiger partial charge on any atom is -0.494 e. The fraction of sp³-hybridized carbons (Fsp3) is 0.182. The van der Waals surface area contributed by atoms with E-state index in [1.54, 1.807) is 12.1 Å². The minimum atomic E-state index is -3.55. The van der Waals surface area contributed by atoms with Crippen LogP contribution in [0.5, 0.6) is 5.75 Å². The second-order valence-electron chi connectivity index (χ2n) is 6.08. The summed E-state index contributed by atoms with van der Waals surface area (Å²) >= 11 is 0. The molecule has 0 aliphatic rings. The van der Waals surface area contributed by atoms with Crippen LogP contribution in [0.4, 0.5) is 0 Å². The lowest BCUT2D eigenvalue weighted by atomic mass is 10.1. The van der Waals surface area contributed by atoms with Gasteiger partial charge in [0.2, 0.25) is 10.0 Å². The van der Waals surface area contributed by atoms with Crippen molar-refractivity contribution in [2.24, 2.45) is 0 Å². The summed E-state index contributed by atoms with van der Waals surface area (Å²) in [4.78, 5) is 0.264. The van der Waals surface area contributed by atoms with Crippen LogP contribution >= 0.6 is 0 Å². The summed E-state index contributed by atoms with van der Waals surface area (Å²) in [6.07, 6.45) is 0.567. The summed E-state index contributed by atoms with van der Waals surface area (Å²) in [7, 11) is -3.55. The third-order valence-electron chi connectivity index (χ3n) is 4.23. The van der Waals surface area contributed by atoms with Crippen LogP contribution in [0.1, 0.15) is 12.5 Å². The molecule has 1 N–H and O–H groups in total. The van der Waals surface area contributed by atoms with E-state index in [0.717, 1.165) is 22.4 Å². The summed E-state index contributed by atoms with van der Waals surface area (Å²) in [6, 6.07) is 24.5. The molecule has 4 nitrogen and oxygen atoms in total. The van der Waals surface area contributed by atoms with Gasteiger partial charge in [-0.05, 0) is 48.2 Å². The number of hydrogen-bond acceptors (Lipinski definition) is 3. The highest BCUT2D eigenvalue weighted by Gasteiger charge is 2.14. The van der Waals surface area contributed by atoms with E-state index in [4.69, 9.17) is 4.74 Å². The van der Waals surface area contributed by atoms with Gasteiger partial charge in [-0.2, -0.15) is 0 Å². The lowest BCUT2D eigenvalue weighted by Crippen LogP contribution is -2.26. The third kappa shape index (κ3) is 4.96. The Hall–Kier alpha value is -2.63. The zero-order chi connectivity index (χ0) is 19.1. The van der Waals surface area contributed by atoms with Crippen molar-refractivity contribution in [1.82, 2.24) is 4.72 Å². The van der Waals surface area contributed by atoms with Crippen molar-refractivity contribution in [3.63, 3.8) is 0 Å². The number of ether oxygens (including phenoxy) is 1. The van der Waals surface area contributed by atoms with Crippen LogP contribution in [0, 0.1) is 0 Å². The highest BCUT2D eigenvalue weighted by Crippen LogP contribution is 2.21. The summed E-state index contributed by atoms with van der Waals surface area (Å²) < 4.78 is 33.3. The lowest BCUT2D eigenvalue weighted by Gasteiger charge is -2.11. The number of hydrogen-bond donors (Lipinski definition) is 1. The molecule has 0 unspecified atom stereocenters. The van der Waals surface area contributed by atoms with Gasteiger partial charge in [-0.15, -0.1) is 0 Å². The molecule has 0 fully saturated rings. The fourth-order valence-corrected chi connectivity index (χ4v) is 3.90. The SMILES string of the molecule is CCOc1ccccc1CCNS(=O)(=O)c1ccc(-c2ccccc2)cc1. The van der Waals surface area contributed by atoms with Gasteiger partial charge in [0.05, 0.1) is 11.5 Å². The highest BCUT2D eigenvalue weighted by molar-refractivity contribution is 7.89. The van der Waals surface area contributed by atoms with Gasteiger partial charge in [0.25, 0.3) is 0 Å². The Morgan fingerprint density at radius 3 is 2.15 bits per heavy atom. The van der Waals surface area contributed by atoms with Crippen molar-refractivity contribution in [3.05, 3.63) is 84.4 Å². The zero-order valence-electron chi connectivity index (χ0n) is 15.3. The molecule has 27 heavy (non-hydrogen) atoms. The van der Waals surface area contributed by atoms with Crippen LogP contribution in [0.15, 0.2) is 83.8 Å². The first-order valence-electron chi connectivity index (χ1n) is 8.96. The Labute approximate surface area is 160 Å². The number of para-hydroxylation sites is 1. The normalized spacial score (nSPS) is 11.3. The Kier molecular flexibility index (Phi) is 6.27. The van der Waals surface area contributed by atoms with E-state index in [1.807, 2.05) is 73.7 Å². The standard InChI is InChI=1S/C22H23NO3S/c1-2-26-22-11-7-6-10-20(22)16-17-23-27(24,25)21-14-12-19(13-15-21)18-8-4-3-5-9-18/h3-15,23H,2,16-17H2,1H3. The van der Waals surface area contributed by atoms with Gasteiger partial charge >= 0.3 is 0 Å². The molecule has 0 spiro atoms. The van der Waals surface area contributed by atoms with Crippen LogP contribution in [-0.4, -0.2) is 21.6 Å². The Morgan fingerprint density at radius 2 is 1.44 bits per heavy atom. The second kappa shape index (κ2) is 8.84. The molecule has 140 valence electrons. The van der Waals surface area contributed by atoms with Crippen molar-refractivity contribution in [2.45, 2.75) is 18.2 Å². The second-order valence-corrected chi connectivity index (χ2v) is 7.85. The smallest absolute Gasteiger partial charge is 0.240 e. The average Bonchev–Trinajstić information content (AvgIpc) is 2.70. The van der Waals surface area contributed by atoms with Gasteiger partial charge in [0.15, 0.2) is 0 Å².